The predicted octanol–water partition coefficient (Wildman–Crippen LogP) is -0.366. The third-order valence-electron chi connectivity index (χ3n) is 6.41. The summed E-state index contributed by atoms with van der Waals surface area (Å²) in [4.78, 5) is 13.2. The Labute approximate surface area is 193 Å². The van der Waals surface area contributed by atoms with Crippen molar-refractivity contribution in [3.8, 4) is 0 Å². The van der Waals surface area contributed by atoms with Gasteiger partial charge in [-0.3, -0.25) is 4.79 Å². The van der Waals surface area contributed by atoms with Gasteiger partial charge in [0.05, 0.1) is 6.61 Å². The maximum Gasteiger partial charge on any atom is 0.266 e. The SMILES string of the molecule is COCC[n+]1cn([C@H]2CC[C@@H](C(C(N)=O)(c3ccccc3)c3ccccc3)C2)cn1.[Br-]. The van der Waals surface area contributed by atoms with Gasteiger partial charge in [-0.05, 0) is 41.4 Å². The average molecular weight is 485 g/mol. The summed E-state index contributed by atoms with van der Waals surface area (Å²) >= 11 is 0. The summed E-state index contributed by atoms with van der Waals surface area (Å²) in [7, 11) is 1.69. The van der Waals surface area contributed by atoms with Crippen molar-refractivity contribution in [2.75, 3.05) is 13.7 Å². The number of nitrogens with two attached hydrogens (primary N) is 1. The molecule has 0 unspecified atom stereocenters. The minimum Gasteiger partial charge on any atom is -1.00 e. The highest BCUT2D eigenvalue weighted by Gasteiger charge is 2.50. The predicted molar refractivity (Wildman–Crippen MR) is 114 cm³/mol. The fourth-order valence-electron chi connectivity index (χ4n) is 4.98. The first-order valence-corrected chi connectivity index (χ1v) is 10.5. The quantitative estimate of drug-likeness (QED) is 0.443. The highest BCUT2D eigenvalue weighted by atomic mass is 79.9. The minimum absolute atomic E-state index is 0. The molecule has 1 aromatic heterocycles. The van der Waals surface area contributed by atoms with Crippen LogP contribution in [0.3, 0.4) is 0 Å². The van der Waals surface area contributed by atoms with Gasteiger partial charge in [-0.1, -0.05) is 60.7 Å². The van der Waals surface area contributed by atoms with Crippen LogP contribution in [-0.4, -0.2) is 29.3 Å². The normalized spacial score (nSPS) is 18.5. The molecular weight excluding hydrogens is 456 g/mol. The molecule has 7 heteroatoms. The molecule has 2 N–H and O–H groups in total. The monoisotopic (exact) mass is 484 g/mol. The van der Waals surface area contributed by atoms with E-state index in [4.69, 9.17) is 10.5 Å². The number of amides is 1. The Bertz CT molecular complexity index is 938. The molecule has 0 spiro atoms. The van der Waals surface area contributed by atoms with E-state index in [0.717, 1.165) is 36.9 Å². The van der Waals surface area contributed by atoms with Crippen LogP contribution in [0.15, 0.2) is 73.3 Å². The molecule has 0 bridgehead atoms. The van der Waals surface area contributed by atoms with Crippen LogP contribution < -0.4 is 27.4 Å². The molecular formula is C24H29BrN4O2. The Morgan fingerprint density at radius 1 is 1.13 bits per heavy atom. The van der Waals surface area contributed by atoms with E-state index in [2.05, 4.69) is 9.67 Å². The van der Waals surface area contributed by atoms with Crippen LogP contribution in [0.5, 0.6) is 0 Å². The zero-order valence-electron chi connectivity index (χ0n) is 17.7. The van der Waals surface area contributed by atoms with Gasteiger partial charge in [0.15, 0.2) is 0 Å². The van der Waals surface area contributed by atoms with Gasteiger partial charge in [0.2, 0.25) is 12.2 Å². The van der Waals surface area contributed by atoms with Crippen molar-refractivity contribution in [2.24, 2.45) is 11.7 Å². The number of aromatic nitrogens is 3. The molecule has 2 aromatic carbocycles. The van der Waals surface area contributed by atoms with Gasteiger partial charge in [0, 0.05) is 7.11 Å². The topological polar surface area (TPSA) is 74.0 Å². The van der Waals surface area contributed by atoms with Crippen LogP contribution in [0.4, 0.5) is 0 Å². The molecule has 1 aliphatic rings. The first-order chi connectivity index (χ1) is 14.7. The Kier molecular flexibility index (Phi) is 7.62. The van der Waals surface area contributed by atoms with Gasteiger partial charge in [-0.15, -0.1) is 4.68 Å². The van der Waals surface area contributed by atoms with Crippen LogP contribution >= 0.6 is 0 Å². The van der Waals surface area contributed by atoms with E-state index < -0.39 is 5.41 Å². The Hall–Kier alpha value is -2.51. The lowest BCUT2D eigenvalue weighted by atomic mass is 9.64. The first-order valence-electron chi connectivity index (χ1n) is 10.5. The maximum atomic E-state index is 13.2. The molecule has 0 radical (unpaired) electrons. The fourth-order valence-corrected chi connectivity index (χ4v) is 4.98. The number of nitrogens with zero attached hydrogens (tertiary/aromatic N) is 3. The summed E-state index contributed by atoms with van der Waals surface area (Å²) in [6.45, 7) is 1.35. The van der Waals surface area contributed by atoms with Crippen molar-refractivity contribution in [1.29, 1.82) is 0 Å². The second-order valence-corrected chi connectivity index (χ2v) is 8.02. The van der Waals surface area contributed by atoms with Gasteiger partial charge in [-0.25, -0.2) is 4.57 Å². The summed E-state index contributed by atoms with van der Waals surface area (Å²) in [6, 6.07) is 20.3. The number of benzene rings is 2. The van der Waals surface area contributed by atoms with E-state index in [-0.39, 0.29) is 34.8 Å². The van der Waals surface area contributed by atoms with Crippen molar-refractivity contribution in [2.45, 2.75) is 37.3 Å². The summed E-state index contributed by atoms with van der Waals surface area (Å²) < 4.78 is 9.20. The van der Waals surface area contributed by atoms with Gasteiger partial charge >= 0.3 is 0 Å². The van der Waals surface area contributed by atoms with Crippen molar-refractivity contribution < 1.29 is 31.2 Å². The molecule has 0 aliphatic heterocycles. The molecule has 1 amide bonds. The average Bonchev–Trinajstić information content (AvgIpc) is 3.44. The zero-order valence-corrected chi connectivity index (χ0v) is 19.3. The van der Waals surface area contributed by atoms with Gasteiger partial charge in [-0.2, -0.15) is 0 Å². The van der Waals surface area contributed by atoms with Crippen LogP contribution in [0, 0.1) is 5.92 Å². The second-order valence-electron chi connectivity index (χ2n) is 8.02. The molecule has 2 atom stereocenters. The van der Waals surface area contributed by atoms with Crippen LogP contribution in [0.2, 0.25) is 0 Å². The lowest BCUT2D eigenvalue weighted by Crippen LogP contribution is -3.00. The number of hydrogen-bond donors (Lipinski definition) is 1. The third kappa shape index (κ3) is 4.43. The molecule has 0 saturated heterocycles. The summed E-state index contributed by atoms with van der Waals surface area (Å²) in [6.07, 6.45) is 6.68. The smallest absolute Gasteiger partial charge is 0.266 e. The maximum absolute atomic E-state index is 13.2. The third-order valence-corrected chi connectivity index (χ3v) is 6.41. The standard InChI is InChI=1S/C24H28N4O2.BrH/c1-30-15-14-28-18-27(17-26-28)22-13-12-21(16-22)24(23(25)29,19-8-4-2-5-9-19)20-10-6-3-7-11-20;/h2-11,17-18,21-22H,12-16H2,1H3,(H-,25,29);1H/t21-,22+;/m1./s1. The van der Waals surface area contributed by atoms with Crippen molar-refractivity contribution in [1.82, 2.24) is 9.67 Å². The summed E-state index contributed by atoms with van der Waals surface area (Å²) in [5.41, 5.74) is 7.27. The van der Waals surface area contributed by atoms with Crippen molar-refractivity contribution in [3.05, 3.63) is 84.4 Å². The number of carbonyl (C=O) groups excluding carboxylic acids is 1. The van der Waals surface area contributed by atoms with Crippen LogP contribution in [0.1, 0.15) is 36.4 Å². The Balaban J connectivity index is 0.00000272. The molecule has 1 saturated carbocycles. The van der Waals surface area contributed by atoms with Crippen LogP contribution in [0.25, 0.3) is 0 Å². The fraction of sp³-hybridized carbons (Fsp3) is 0.375. The first kappa shape index (κ1) is 23.2. The highest BCUT2D eigenvalue weighted by molar-refractivity contribution is 5.91. The number of halogens is 1. The molecule has 1 heterocycles. The van der Waals surface area contributed by atoms with Crippen molar-refractivity contribution in [3.63, 3.8) is 0 Å². The summed E-state index contributed by atoms with van der Waals surface area (Å²) in [5, 5.41) is 4.44. The van der Waals surface area contributed by atoms with E-state index >= 15 is 0 Å². The number of carbonyl (C=O) groups is 1. The minimum atomic E-state index is -0.843. The summed E-state index contributed by atoms with van der Waals surface area (Å²) in [5.74, 6) is -0.175. The number of ether oxygens (including phenoxy) is 1. The lowest BCUT2D eigenvalue weighted by Gasteiger charge is -2.37. The number of primary amides is 1. The van der Waals surface area contributed by atoms with Crippen molar-refractivity contribution >= 4 is 5.91 Å². The number of methoxy groups -OCH3 is 1. The molecule has 1 fully saturated rings. The Morgan fingerprint density at radius 2 is 1.74 bits per heavy atom. The van der Waals surface area contributed by atoms with Crippen LogP contribution in [-0.2, 0) is 21.5 Å². The van der Waals surface area contributed by atoms with E-state index in [9.17, 15) is 4.79 Å². The number of hydrogen-bond acceptors (Lipinski definition) is 3. The van der Waals surface area contributed by atoms with E-state index in [0.29, 0.717) is 6.61 Å². The van der Waals surface area contributed by atoms with Gasteiger partial charge in [0.25, 0.3) is 6.33 Å². The van der Waals surface area contributed by atoms with E-state index in [1.807, 2.05) is 78.0 Å². The molecule has 31 heavy (non-hydrogen) atoms. The molecule has 6 nitrogen and oxygen atoms in total. The van der Waals surface area contributed by atoms with E-state index in [1.165, 1.54) is 0 Å². The van der Waals surface area contributed by atoms with Gasteiger partial charge < -0.3 is 27.5 Å². The van der Waals surface area contributed by atoms with Gasteiger partial charge in [0.1, 0.15) is 18.0 Å². The largest absolute Gasteiger partial charge is 1.00 e. The second kappa shape index (κ2) is 10.2. The highest BCUT2D eigenvalue weighted by Crippen LogP contribution is 2.49. The number of rotatable bonds is 8. The molecule has 3 aromatic rings. The Morgan fingerprint density at radius 3 is 2.29 bits per heavy atom. The molecule has 1 aliphatic carbocycles. The molecule has 164 valence electrons. The lowest BCUT2D eigenvalue weighted by molar-refractivity contribution is -0.752. The van der Waals surface area contributed by atoms with E-state index in [1.54, 1.807) is 7.11 Å². The zero-order chi connectivity index (χ0) is 21.0. The molecule has 4 rings (SSSR count).